The van der Waals surface area contributed by atoms with Crippen LogP contribution in [0.15, 0.2) is 66.7 Å². The Hall–Kier alpha value is -3.06. The van der Waals surface area contributed by atoms with Gasteiger partial charge in [0.2, 0.25) is 6.10 Å². The highest BCUT2D eigenvalue weighted by Gasteiger charge is 2.39. The average molecular weight is 438 g/mol. The van der Waals surface area contributed by atoms with Crippen molar-refractivity contribution < 1.29 is 22.7 Å². The van der Waals surface area contributed by atoms with E-state index in [2.05, 4.69) is 0 Å². The van der Waals surface area contributed by atoms with Crippen LogP contribution >= 0.6 is 0 Å². The number of amides is 1. The van der Waals surface area contributed by atoms with Gasteiger partial charge in [-0.3, -0.25) is 4.79 Å². The number of fused-ring (bicyclic) bond motifs is 2. The Balaban J connectivity index is 1.47. The zero-order valence-electron chi connectivity index (χ0n) is 16.9. The van der Waals surface area contributed by atoms with Crippen LogP contribution in [0.4, 0.5) is 0 Å². The minimum atomic E-state index is -3.15. The molecule has 0 spiro atoms. The Kier molecular flexibility index (Phi) is 5.06. The molecule has 0 bridgehead atoms. The Morgan fingerprint density at radius 2 is 1.71 bits per heavy atom. The number of sulfone groups is 1. The number of nitrogens with zero attached hydrogens (tertiary/aromatic N) is 1. The van der Waals surface area contributed by atoms with E-state index >= 15 is 0 Å². The molecule has 3 aromatic carbocycles. The lowest BCUT2D eigenvalue weighted by Gasteiger charge is -2.34. The molecule has 0 N–H and O–H groups in total. The van der Waals surface area contributed by atoms with Crippen molar-refractivity contribution in [2.75, 3.05) is 18.1 Å². The van der Waals surface area contributed by atoms with Crippen molar-refractivity contribution in [3.8, 4) is 11.5 Å². The second-order valence-corrected chi connectivity index (χ2v) is 10.3. The maximum Gasteiger partial charge on any atom is 0.267 e. The number of rotatable bonds is 4. The van der Waals surface area contributed by atoms with Gasteiger partial charge in [-0.05, 0) is 34.9 Å². The second kappa shape index (κ2) is 7.89. The molecule has 0 aliphatic carbocycles. The maximum atomic E-state index is 13.6. The fraction of sp³-hybridized carbons (Fsp3) is 0.292. The molecule has 2 heterocycles. The van der Waals surface area contributed by atoms with Crippen molar-refractivity contribution in [2.45, 2.75) is 25.1 Å². The smallest absolute Gasteiger partial charge is 0.267 e. The highest BCUT2D eigenvalue weighted by Crippen LogP contribution is 2.32. The van der Waals surface area contributed by atoms with E-state index in [0.717, 1.165) is 16.3 Å². The molecule has 0 aromatic heterocycles. The molecule has 5 rings (SSSR count). The van der Waals surface area contributed by atoms with E-state index in [0.29, 0.717) is 24.5 Å². The summed E-state index contributed by atoms with van der Waals surface area (Å²) >= 11 is 0. The molecule has 1 fully saturated rings. The van der Waals surface area contributed by atoms with E-state index in [9.17, 15) is 13.2 Å². The molecule has 31 heavy (non-hydrogen) atoms. The first-order valence-electron chi connectivity index (χ1n) is 10.4. The van der Waals surface area contributed by atoms with Crippen molar-refractivity contribution in [3.05, 3.63) is 72.3 Å². The molecule has 1 amide bonds. The number of carbonyl (C=O) groups is 1. The van der Waals surface area contributed by atoms with Crippen LogP contribution in [-0.4, -0.2) is 49.5 Å². The van der Waals surface area contributed by atoms with Gasteiger partial charge in [-0.2, -0.15) is 0 Å². The number of para-hydroxylation sites is 2. The zero-order chi connectivity index (χ0) is 21.4. The van der Waals surface area contributed by atoms with Gasteiger partial charge in [0.25, 0.3) is 5.91 Å². The summed E-state index contributed by atoms with van der Waals surface area (Å²) in [7, 11) is -3.15. The van der Waals surface area contributed by atoms with Gasteiger partial charge in [-0.15, -0.1) is 0 Å². The normalized spacial score (nSPS) is 21.7. The molecule has 0 saturated carbocycles. The first kappa shape index (κ1) is 19.9. The van der Waals surface area contributed by atoms with E-state index < -0.39 is 15.9 Å². The van der Waals surface area contributed by atoms with Gasteiger partial charge in [0.15, 0.2) is 21.3 Å². The SMILES string of the molecule is O=C([C@H]1COc2ccccc2O1)N(Cc1cccc2ccccc12)[C@@H]1CCS(=O)(=O)C1. The van der Waals surface area contributed by atoms with Crippen LogP contribution in [0, 0.1) is 0 Å². The van der Waals surface area contributed by atoms with E-state index in [-0.39, 0.29) is 30.1 Å². The summed E-state index contributed by atoms with van der Waals surface area (Å²) in [6, 6.07) is 20.8. The maximum absolute atomic E-state index is 13.6. The van der Waals surface area contributed by atoms with E-state index in [4.69, 9.17) is 9.47 Å². The number of benzene rings is 3. The monoisotopic (exact) mass is 437 g/mol. The fourth-order valence-electron chi connectivity index (χ4n) is 4.35. The third-order valence-corrected chi connectivity index (χ3v) is 7.69. The molecular formula is C24H23NO5S. The van der Waals surface area contributed by atoms with E-state index in [1.807, 2.05) is 54.6 Å². The molecule has 7 heteroatoms. The molecule has 0 unspecified atom stereocenters. The number of carbonyl (C=O) groups excluding carboxylic acids is 1. The standard InChI is InChI=1S/C24H23NO5S/c26-24(23-15-29-21-10-3-4-11-22(21)30-23)25(19-12-13-31(27,28)16-19)14-18-8-5-7-17-6-1-2-9-20(17)18/h1-11,19,23H,12-16H2/t19-,23-/m1/s1. The minimum Gasteiger partial charge on any atom is -0.485 e. The largest absolute Gasteiger partial charge is 0.485 e. The highest BCUT2D eigenvalue weighted by atomic mass is 32.2. The van der Waals surface area contributed by atoms with E-state index in [1.54, 1.807) is 17.0 Å². The molecular weight excluding hydrogens is 414 g/mol. The van der Waals surface area contributed by atoms with Gasteiger partial charge in [0, 0.05) is 12.6 Å². The van der Waals surface area contributed by atoms with Gasteiger partial charge in [0.05, 0.1) is 11.5 Å². The van der Waals surface area contributed by atoms with Crippen LogP contribution in [0.25, 0.3) is 10.8 Å². The topological polar surface area (TPSA) is 72.9 Å². The summed E-state index contributed by atoms with van der Waals surface area (Å²) in [4.78, 5) is 15.2. The van der Waals surface area contributed by atoms with Gasteiger partial charge >= 0.3 is 0 Å². The highest BCUT2D eigenvalue weighted by molar-refractivity contribution is 7.91. The lowest BCUT2D eigenvalue weighted by atomic mass is 10.0. The van der Waals surface area contributed by atoms with Gasteiger partial charge in [-0.1, -0.05) is 54.6 Å². The van der Waals surface area contributed by atoms with Crippen LogP contribution in [0.3, 0.4) is 0 Å². The number of ether oxygens (including phenoxy) is 2. The number of hydrogen-bond acceptors (Lipinski definition) is 5. The Bertz CT molecular complexity index is 1230. The third kappa shape index (κ3) is 3.97. The Labute approximate surface area is 181 Å². The summed E-state index contributed by atoms with van der Waals surface area (Å²) < 4.78 is 36.0. The van der Waals surface area contributed by atoms with Crippen LogP contribution in [0.2, 0.25) is 0 Å². The Morgan fingerprint density at radius 1 is 0.968 bits per heavy atom. The molecule has 2 aliphatic heterocycles. The predicted octanol–water partition coefficient (Wildman–Crippen LogP) is 3.20. The molecule has 2 atom stereocenters. The van der Waals surface area contributed by atoms with Crippen LogP contribution in [0.1, 0.15) is 12.0 Å². The lowest BCUT2D eigenvalue weighted by Crippen LogP contribution is -2.50. The first-order chi connectivity index (χ1) is 15.0. The molecule has 160 valence electrons. The van der Waals surface area contributed by atoms with Crippen molar-refractivity contribution >= 4 is 26.5 Å². The predicted molar refractivity (Wildman–Crippen MR) is 118 cm³/mol. The van der Waals surface area contributed by atoms with Crippen molar-refractivity contribution in [3.63, 3.8) is 0 Å². The van der Waals surface area contributed by atoms with Gasteiger partial charge < -0.3 is 14.4 Å². The average Bonchev–Trinajstić information content (AvgIpc) is 3.16. The quantitative estimate of drug-likeness (QED) is 0.627. The zero-order valence-corrected chi connectivity index (χ0v) is 17.8. The van der Waals surface area contributed by atoms with Crippen molar-refractivity contribution in [1.82, 2.24) is 4.90 Å². The van der Waals surface area contributed by atoms with Crippen LogP contribution in [-0.2, 0) is 21.2 Å². The van der Waals surface area contributed by atoms with Gasteiger partial charge in [-0.25, -0.2) is 8.42 Å². The Morgan fingerprint density at radius 3 is 2.52 bits per heavy atom. The van der Waals surface area contributed by atoms with E-state index in [1.165, 1.54) is 0 Å². The molecule has 2 aliphatic rings. The second-order valence-electron chi connectivity index (χ2n) is 8.03. The minimum absolute atomic E-state index is 0.0202. The van der Waals surface area contributed by atoms with Crippen LogP contribution < -0.4 is 9.47 Å². The summed E-state index contributed by atoms with van der Waals surface area (Å²) in [6.07, 6.45) is -0.378. The third-order valence-electron chi connectivity index (χ3n) is 5.94. The fourth-order valence-corrected chi connectivity index (χ4v) is 6.08. The molecule has 6 nitrogen and oxygen atoms in total. The summed E-state index contributed by atoms with van der Waals surface area (Å²) in [5.41, 5.74) is 0.980. The summed E-state index contributed by atoms with van der Waals surface area (Å²) in [6.45, 7) is 0.420. The lowest BCUT2D eigenvalue weighted by molar-refractivity contribution is -0.143. The first-order valence-corrected chi connectivity index (χ1v) is 12.2. The van der Waals surface area contributed by atoms with Crippen molar-refractivity contribution in [2.24, 2.45) is 0 Å². The number of hydrogen-bond donors (Lipinski definition) is 0. The summed E-state index contributed by atoms with van der Waals surface area (Å²) in [5.74, 6) is 0.964. The molecule has 0 radical (unpaired) electrons. The summed E-state index contributed by atoms with van der Waals surface area (Å²) in [5, 5.41) is 2.13. The molecule has 1 saturated heterocycles. The van der Waals surface area contributed by atoms with Gasteiger partial charge in [0.1, 0.15) is 6.61 Å². The van der Waals surface area contributed by atoms with Crippen molar-refractivity contribution in [1.29, 1.82) is 0 Å². The van der Waals surface area contributed by atoms with Crippen LogP contribution in [0.5, 0.6) is 11.5 Å². The molecule has 3 aromatic rings.